The second kappa shape index (κ2) is 5.26. The Morgan fingerprint density at radius 3 is 2.44 bits per heavy atom. The standard InChI is InChI=1S/C11H11NO6/c1-6(11(15)16)7-2-3-9(12(17)18)8(4-7)5-10(13)14/h2-4,6H,5H2,1H3,(H,13,14)(H,15,16). The molecular formula is C11H11NO6. The minimum atomic E-state index is -1.21. The molecule has 0 radical (unpaired) electrons. The second-order valence-electron chi connectivity index (χ2n) is 3.78. The van der Waals surface area contributed by atoms with Gasteiger partial charge in [-0.25, -0.2) is 0 Å². The predicted octanol–water partition coefficient (Wildman–Crippen LogP) is 1.41. The quantitative estimate of drug-likeness (QED) is 0.605. The number of rotatable bonds is 5. The van der Waals surface area contributed by atoms with E-state index in [2.05, 4.69) is 0 Å². The van der Waals surface area contributed by atoms with Gasteiger partial charge in [-0.1, -0.05) is 6.07 Å². The number of hydrogen-bond donors (Lipinski definition) is 2. The molecule has 0 aliphatic rings. The average Bonchev–Trinajstić information content (AvgIpc) is 2.26. The van der Waals surface area contributed by atoms with Crippen LogP contribution in [-0.2, 0) is 16.0 Å². The molecule has 0 amide bonds. The third-order valence-electron chi connectivity index (χ3n) is 2.51. The van der Waals surface area contributed by atoms with E-state index in [1.165, 1.54) is 19.1 Å². The van der Waals surface area contributed by atoms with E-state index >= 15 is 0 Å². The molecule has 2 N–H and O–H groups in total. The van der Waals surface area contributed by atoms with Crippen molar-refractivity contribution in [2.45, 2.75) is 19.3 Å². The largest absolute Gasteiger partial charge is 0.481 e. The lowest BCUT2D eigenvalue weighted by atomic mass is 9.97. The Bertz CT molecular complexity index is 510. The van der Waals surface area contributed by atoms with Crippen LogP contribution in [0.1, 0.15) is 24.0 Å². The highest BCUT2D eigenvalue weighted by molar-refractivity contribution is 5.77. The molecule has 1 aromatic carbocycles. The van der Waals surface area contributed by atoms with Crippen LogP contribution in [0.3, 0.4) is 0 Å². The monoisotopic (exact) mass is 253 g/mol. The molecule has 0 bridgehead atoms. The molecule has 0 saturated carbocycles. The fourth-order valence-electron chi connectivity index (χ4n) is 1.50. The van der Waals surface area contributed by atoms with Crippen molar-refractivity contribution in [1.29, 1.82) is 0 Å². The van der Waals surface area contributed by atoms with Gasteiger partial charge in [-0.2, -0.15) is 0 Å². The highest BCUT2D eigenvalue weighted by Gasteiger charge is 2.20. The van der Waals surface area contributed by atoms with Gasteiger partial charge in [-0.15, -0.1) is 0 Å². The summed E-state index contributed by atoms with van der Waals surface area (Å²) < 4.78 is 0. The third-order valence-corrected chi connectivity index (χ3v) is 2.51. The average molecular weight is 253 g/mol. The van der Waals surface area contributed by atoms with Gasteiger partial charge < -0.3 is 10.2 Å². The first-order valence-corrected chi connectivity index (χ1v) is 5.04. The SMILES string of the molecule is CC(C(=O)O)c1ccc([N+](=O)[O-])c(CC(=O)O)c1. The van der Waals surface area contributed by atoms with Crippen LogP contribution in [0.5, 0.6) is 0 Å². The predicted molar refractivity (Wildman–Crippen MR) is 60.5 cm³/mol. The fourth-order valence-corrected chi connectivity index (χ4v) is 1.50. The van der Waals surface area contributed by atoms with Crippen LogP contribution in [0.25, 0.3) is 0 Å². The van der Waals surface area contributed by atoms with Crippen molar-refractivity contribution in [2.24, 2.45) is 0 Å². The summed E-state index contributed by atoms with van der Waals surface area (Å²) >= 11 is 0. The van der Waals surface area contributed by atoms with Crippen LogP contribution >= 0.6 is 0 Å². The van der Waals surface area contributed by atoms with Gasteiger partial charge in [-0.3, -0.25) is 19.7 Å². The van der Waals surface area contributed by atoms with Crippen molar-refractivity contribution in [3.8, 4) is 0 Å². The summed E-state index contributed by atoms with van der Waals surface area (Å²) in [7, 11) is 0. The molecule has 7 heteroatoms. The van der Waals surface area contributed by atoms with Gasteiger partial charge in [0, 0.05) is 11.6 Å². The summed E-state index contributed by atoms with van der Waals surface area (Å²) in [5.41, 5.74) is 0.0150. The summed E-state index contributed by atoms with van der Waals surface area (Å²) in [5.74, 6) is -3.14. The fraction of sp³-hybridized carbons (Fsp3) is 0.273. The Labute approximate surface area is 102 Å². The van der Waals surface area contributed by atoms with Crippen LogP contribution in [0.15, 0.2) is 18.2 Å². The first kappa shape index (κ1) is 13.6. The molecule has 0 saturated heterocycles. The lowest BCUT2D eigenvalue weighted by Gasteiger charge is -2.08. The zero-order valence-corrected chi connectivity index (χ0v) is 9.49. The molecule has 0 aliphatic carbocycles. The Kier molecular flexibility index (Phi) is 3.98. The summed E-state index contributed by atoms with van der Waals surface area (Å²) in [6, 6.07) is 3.71. The summed E-state index contributed by atoms with van der Waals surface area (Å²) in [6.07, 6.45) is -0.517. The second-order valence-corrected chi connectivity index (χ2v) is 3.78. The van der Waals surface area contributed by atoms with E-state index in [-0.39, 0.29) is 11.3 Å². The van der Waals surface area contributed by atoms with E-state index < -0.39 is 29.2 Å². The summed E-state index contributed by atoms with van der Waals surface area (Å²) in [5, 5.41) is 28.2. The summed E-state index contributed by atoms with van der Waals surface area (Å²) in [6.45, 7) is 1.42. The molecule has 1 aromatic rings. The van der Waals surface area contributed by atoms with Gasteiger partial charge in [0.05, 0.1) is 17.3 Å². The molecule has 1 rings (SSSR count). The zero-order chi connectivity index (χ0) is 13.9. The van der Waals surface area contributed by atoms with E-state index in [9.17, 15) is 19.7 Å². The Morgan fingerprint density at radius 1 is 1.39 bits per heavy atom. The molecule has 1 unspecified atom stereocenters. The van der Waals surface area contributed by atoms with E-state index in [1.54, 1.807) is 0 Å². The molecule has 0 aromatic heterocycles. The van der Waals surface area contributed by atoms with E-state index in [0.717, 1.165) is 6.07 Å². The number of carboxylic acids is 2. The number of nitro benzene ring substituents is 1. The van der Waals surface area contributed by atoms with E-state index in [1.807, 2.05) is 0 Å². The van der Waals surface area contributed by atoms with E-state index in [4.69, 9.17) is 10.2 Å². The molecule has 1 atom stereocenters. The van der Waals surface area contributed by atoms with Crippen LogP contribution in [0.2, 0.25) is 0 Å². The van der Waals surface area contributed by atoms with Gasteiger partial charge in [0.2, 0.25) is 0 Å². The maximum absolute atomic E-state index is 10.8. The maximum Gasteiger partial charge on any atom is 0.310 e. The number of carbonyl (C=O) groups is 2. The molecule has 18 heavy (non-hydrogen) atoms. The normalized spacial score (nSPS) is 11.8. The lowest BCUT2D eigenvalue weighted by molar-refractivity contribution is -0.385. The highest BCUT2D eigenvalue weighted by atomic mass is 16.6. The van der Waals surface area contributed by atoms with Crippen molar-refractivity contribution in [1.82, 2.24) is 0 Å². The molecule has 0 fully saturated rings. The van der Waals surface area contributed by atoms with Crippen molar-refractivity contribution in [3.05, 3.63) is 39.4 Å². The first-order valence-electron chi connectivity index (χ1n) is 5.04. The van der Waals surface area contributed by atoms with Gasteiger partial charge in [-0.05, 0) is 18.6 Å². The van der Waals surface area contributed by atoms with Gasteiger partial charge >= 0.3 is 11.9 Å². The maximum atomic E-state index is 10.8. The molecule has 0 spiro atoms. The van der Waals surface area contributed by atoms with Gasteiger partial charge in [0.1, 0.15) is 0 Å². The topological polar surface area (TPSA) is 118 Å². The number of nitrogens with zero attached hydrogens (tertiary/aromatic N) is 1. The number of nitro groups is 1. The third kappa shape index (κ3) is 3.03. The van der Waals surface area contributed by atoms with Crippen LogP contribution in [0.4, 0.5) is 5.69 Å². The van der Waals surface area contributed by atoms with Crippen molar-refractivity contribution >= 4 is 17.6 Å². The Morgan fingerprint density at radius 2 is 2.00 bits per heavy atom. The Hall–Kier alpha value is -2.44. The molecule has 0 aliphatic heterocycles. The smallest absolute Gasteiger partial charge is 0.310 e. The molecule has 7 nitrogen and oxygen atoms in total. The molecule has 96 valence electrons. The minimum Gasteiger partial charge on any atom is -0.481 e. The number of carboxylic acid groups (broad SMARTS) is 2. The van der Waals surface area contributed by atoms with Crippen LogP contribution in [0, 0.1) is 10.1 Å². The summed E-state index contributed by atoms with van der Waals surface area (Å²) in [4.78, 5) is 31.4. The lowest BCUT2D eigenvalue weighted by Crippen LogP contribution is -2.10. The Balaban J connectivity index is 3.24. The van der Waals surface area contributed by atoms with Gasteiger partial charge in [0.15, 0.2) is 0 Å². The number of hydrogen-bond acceptors (Lipinski definition) is 4. The molecule has 0 heterocycles. The highest BCUT2D eigenvalue weighted by Crippen LogP contribution is 2.25. The minimum absolute atomic E-state index is 0.00176. The van der Waals surface area contributed by atoms with E-state index in [0.29, 0.717) is 5.56 Å². The van der Waals surface area contributed by atoms with Crippen LogP contribution < -0.4 is 0 Å². The van der Waals surface area contributed by atoms with Crippen molar-refractivity contribution < 1.29 is 24.7 Å². The molecular weight excluding hydrogens is 242 g/mol. The first-order chi connectivity index (χ1) is 8.32. The zero-order valence-electron chi connectivity index (χ0n) is 9.49. The number of aliphatic carboxylic acids is 2. The van der Waals surface area contributed by atoms with Gasteiger partial charge in [0.25, 0.3) is 5.69 Å². The number of benzene rings is 1. The van der Waals surface area contributed by atoms with Crippen molar-refractivity contribution in [2.75, 3.05) is 0 Å². The van der Waals surface area contributed by atoms with Crippen molar-refractivity contribution in [3.63, 3.8) is 0 Å². The van der Waals surface area contributed by atoms with Crippen LogP contribution in [-0.4, -0.2) is 27.1 Å².